The maximum absolute atomic E-state index is 2.44. The second-order valence-corrected chi connectivity index (χ2v) is 6.97. The molecule has 0 N–H and O–H groups in total. The summed E-state index contributed by atoms with van der Waals surface area (Å²) in [5, 5.41) is 0. The standard InChI is InChI=1S/C20H38/c1-6-10-11-20(17(7-2)8-3)19(9-4)18-14-12-16(5)13-15-18/h16,18-19H,6-15H2,1-5H3. The number of unbranched alkanes of at least 4 members (excludes halogenated alkanes) is 1. The van der Waals surface area contributed by atoms with Crippen LogP contribution in [0.25, 0.3) is 0 Å². The predicted octanol–water partition coefficient (Wildman–Crippen LogP) is 7.15. The Morgan fingerprint density at radius 2 is 1.55 bits per heavy atom. The molecule has 20 heavy (non-hydrogen) atoms. The van der Waals surface area contributed by atoms with Crippen LogP contribution in [0.5, 0.6) is 0 Å². The van der Waals surface area contributed by atoms with Gasteiger partial charge < -0.3 is 0 Å². The highest BCUT2D eigenvalue weighted by Crippen LogP contribution is 2.41. The Kier molecular flexibility index (Phi) is 8.57. The van der Waals surface area contributed by atoms with Crippen molar-refractivity contribution in [2.24, 2.45) is 17.8 Å². The normalized spacial score (nSPS) is 24.4. The molecule has 0 radical (unpaired) electrons. The third-order valence-corrected chi connectivity index (χ3v) is 5.62. The number of allylic oxidation sites excluding steroid dienone is 2. The molecule has 0 heterocycles. The van der Waals surface area contributed by atoms with Crippen LogP contribution >= 0.6 is 0 Å². The van der Waals surface area contributed by atoms with Crippen molar-refractivity contribution >= 4 is 0 Å². The van der Waals surface area contributed by atoms with Crippen LogP contribution in [-0.4, -0.2) is 0 Å². The molecule has 1 fully saturated rings. The Morgan fingerprint density at radius 1 is 0.950 bits per heavy atom. The molecule has 1 rings (SSSR count). The lowest BCUT2D eigenvalue weighted by Gasteiger charge is -2.35. The van der Waals surface area contributed by atoms with Gasteiger partial charge in [0.2, 0.25) is 0 Å². The van der Waals surface area contributed by atoms with Crippen LogP contribution in [0.1, 0.15) is 98.8 Å². The summed E-state index contributed by atoms with van der Waals surface area (Å²) in [5.74, 6) is 2.85. The van der Waals surface area contributed by atoms with E-state index in [0.29, 0.717) is 0 Å². The Hall–Kier alpha value is -0.260. The minimum atomic E-state index is 0.893. The summed E-state index contributed by atoms with van der Waals surface area (Å²) in [6.45, 7) is 11.9. The molecular weight excluding hydrogens is 240 g/mol. The Morgan fingerprint density at radius 3 is 2.00 bits per heavy atom. The molecule has 0 heteroatoms. The highest BCUT2D eigenvalue weighted by Gasteiger charge is 2.28. The fraction of sp³-hybridized carbons (Fsp3) is 0.900. The van der Waals surface area contributed by atoms with Crippen molar-refractivity contribution in [1.29, 1.82) is 0 Å². The van der Waals surface area contributed by atoms with E-state index < -0.39 is 0 Å². The van der Waals surface area contributed by atoms with E-state index in [4.69, 9.17) is 0 Å². The molecule has 0 nitrogen and oxygen atoms in total. The van der Waals surface area contributed by atoms with Crippen molar-refractivity contribution in [2.45, 2.75) is 98.8 Å². The molecule has 1 atom stereocenters. The van der Waals surface area contributed by atoms with Crippen LogP contribution in [0.15, 0.2) is 11.1 Å². The highest BCUT2D eigenvalue weighted by atomic mass is 14.3. The second-order valence-electron chi connectivity index (χ2n) is 6.97. The second kappa shape index (κ2) is 9.64. The minimum absolute atomic E-state index is 0.893. The molecule has 0 amide bonds. The van der Waals surface area contributed by atoms with Gasteiger partial charge in [-0.3, -0.25) is 0 Å². The van der Waals surface area contributed by atoms with Crippen LogP contribution in [0, 0.1) is 17.8 Å². The van der Waals surface area contributed by atoms with Gasteiger partial charge in [-0.05, 0) is 62.7 Å². The molecule has 0 spiro atoms. The molecule has 1 aliphatic carbocycles. The Balaban J connectivity index is 2.87. The fourth-order valence-corrected chi connectivity index (χ4v) is 4.25. The lowest BCUT2D eigenvalue weighted by atomic mass is 9.70. The zero-order chi connectivity index (χ0) is 15.0. The summed E-state index contributed by atoms with van der Waals surface area (Å²) >= 11 is 0. The van der Waals surface area contributed by atoms with E-state index in [0.717, 1.165) is 17.8 Å². The lowest BCUT2D eigenvalue weighted by Crippen LogP contribution is -2.23. The molecule has 1 saturated carbocycles. The number of hydrogen-bond acceptors (Lipinski definition) is 0. The van der Waals surface area contributed by atoms with Crippen molar-refractivity contribution in [3.05, 3.63) is 11.1 Å². The van der Waals surface area contributed by atoms with Gasteiger partial charge in [-0.15, -0.1) is 0 Å². The van der Waals surface area contributed by atoms with Crippen LogP contribution in [-0.2, 0) is 0 Å². The third-order valence-electron chi connectivity index (χ3n) is 5.62. The average molecular weight is 279 g/mol. The molecule has 0 aliphatic heterocycles. The van der Waals surface area contributed by atoms with Gasteiger partial charge in [0.05, 0.1) is 0 Å². The summed E-state index contributed by atoms with van der Waals surface area (Å²) in [4.78, 5) is 0. The molecule has 0 saturated heterocycles. The Bertz CT molecular complexity index is 272. The first kappa shape index (κ1) is 17.8. The third kappa shape index (κ3) is 4.93. The van der Waals surface area contributed by atoms with Crippen LogP contribution < -0.4 is 0 Å². The summed E-state index contributed by atoms with van der Waals surface area (Å²) in [6.07, 6.45) is 13.9. The molecule has 1 aliphatic rings. The smallest absolute Gasteiger partial charge is 0.0175 e. The van der Waals surface area contributed by atoms with Crippen LogP contribution in [0.3, 0.4) is 0 Å². The number of rotatable bonds is 8. The van der Waals surface area contributed by atoms with Crippen molar-refractivity contribution in [3.63, 3.8) is 0 Å². The van der Waals surface area contributed by atoms with Gasteiger partial charge in [-0.1, -0.05) is 65.0 Å². The maximum atomic E-state index is 2.44. The SMILES string of the molecule is CCCCC(=C(CC)CC)C(CC)C1CCC(C)CC1. The molecule has 118 valence electrons. The Labute approximate surface area is 128 Å². The van der Waals surface area contributed by atoms with Gasteiger partial charge in [0.1, 0.15) is 0 Å². The highest BCUT2D eigenvalue weighted by molar-refractivity contribution is 5.18. The molecule has 0 aromatic carbocycles. The van der Waals surface area contributed by atoms with E-state index in [-0.39, 0.29) is 0 Å². The van der Waals surface area contributed by atoms with Crippen molar-refractivity contribution < 1.29 is 0 Å². The topological polar surface area (TPSA) is 0 Å². The van der Waals surface area contributed by atoms with E-state index in [9.17, 15) is 0 Å². The van der Waals surface area contributed by atoms with E-state index >= 15 is 0 Å². The van der Waals surface area contributed by atoms with Crippen molar-refractivity contribution in [1.82, 2.24) is 0 Å². The average Bonchev–Trinajstić information content (AvgIpc) is 2.47. The molecule has 0 aromatic rings. The predicted molar refractivity (Wildman–Crippen MR) is 92.0 cm³/mol. The fourth-order valence-electron chi connectivity index (χ4n) is 4.25. The largest absolute Gasteiger partial charge is 0.0713 e. The monoisotopic (exact) mass is 278 g/mol. The van der Waals surface area contributed by atoms with Gasteiger partial charge in [-0.25, -0.2) is 0 Å². The van der Waals surface area contributed by atoms with Gasteiger partial charge in [0.25, 0.3) is 0 Å². The van der Waals surface area contributed by atoms with E-state index in [2.05, 4.69) is 34.6 Å². The summed E-state index contributed by atoms with van der Waals surface area (Å²) in [7, 11) is 0. The van der Waals surface area contributed by atoms with E-state index in [1.807, 2.05) is 5.57 Å². The minimum Gasteiger partial charge on any atom is -0.0713 e. The quantitative estimate of drug-likeness (QED) is 0.414. The first-order valence-electron chi connectivity index (χ1n) is 9.38. The lowest BCUT2D eigenvalue weighted by molar-refractivity contribution is 0.225. The van der Waals surface area contributed by atoms with E-state index in [1.165, 1.54) is 64.2 Å². The maximum Gasteiger partial charge on any atom is -0.0175 e. The number of hydrogen-bond donors (Lipinski definition) is 0. The summed E-state index contributed by atoms with van der Waals surface area (Å²) < 4.78 is 0. The zero-order valence-corrected chi connectivity index (χ0v) is 14.8. The van der Waals surface area contributed by atoms with Gasteiger partial charge >= 0.3 is 0 Å². The van der Waals surface area contributed by atoms with Gasteiger partial charge in [-0.2, -0.15) is 0 Å². The summed E-state index contributed by atoms with van der Waals surface area (Å²) in [5.41, 5.74) is 3.66. The van der Waals surface area contributed by atoms with Gasteiger partial charge in [0.15, 0.2) is 0 Å². The van der Waals surface area contributed by atoms with Crippen LogP contribution in [0.4, 0.5) is 0 Å². The first-order chi connectivity index (χ1) is 9.67. The van der Waals surface area contributed by atoms with Crippen molar-refractivity contribution in [3.8, 4) is 0 Å². The molecule has 1 unspecified atom stereocenters. The van der Waals surface area contributed by atoms with Crippen LogP contribution in [0.2, 0.25) is 0 Å². The van der Waals surface area contributed by atoms with Crippen molar-refractivity contribution in [2.75, 3.05) is 0 Å². The summed E-state index contributed by atoms with van der Waals surface area (Å²) in [6, 6.07) is 0. The first-order valence-corrected chi connectivity index (χ1v) is 9.38. The molecular formula is C20H38. The van der Waals surface area contributed by atoms with E-state index in [1.54, 1.807) is 5.57 Å². The van der Waals surface area contributed by atoms with Gasteiger partial charge in [0, 0.05) is 0 Å². The molecule has 0 bridgehead atoms. The zero-order valence-electron chi connectivity index (χ0n) is 14.8. The molecule has 0 aromatic heterocycles.